The van der Waals surface area contributed by atoms with E-state index in [4.69, 9.17) is 4.74 Å². The number of halogens is 1. The Balaban J connectivity index is 2.61. The van der Waals surface area contributed by atoms with Gasteiger partial charge in [0.25, 0.3) is 5.91 Å². The first-order chi connectivity index (χ1) is 10.5. The monoisotopic (exact) mass is 309 g/mol. The van der Waals surface area contributed by atoms with Crippen molar-refractivity contribution in [2.45, 2.75) is 46.1 Å². The molecular formula is C17H24FNO3. The summed E-state index contributed by atoms with van der Waals surface area (Å²) in [7, 11) is 0. The summed E-state index contributed by atoms with van der Waals surface area (Å²) in [5.74, 6) is -1.35. The largest absolute Gasteiger partial charge is 0.464 e. The quantitative estimate of drug-likeness (QED) is 0.592. The molecule has 1 N–H and O–H groups in total. The molecule has 1 atom stereocenters. The number of nitrogens with one attached hydrogen (secondary N) is 1. The summed E-state index contributed by atoms with van der Waals surface area (Å²) in [5.41, 5.74) is 0.311. The van der Waals surface area contributed by atoms with Crippen LogP contribution in [0.2, 0.25) is 0 Å². The van der Waals surface area contributed by atoms with E-state index < -0.39 is 23.7 Å². The van der Waals surface area contributed by atoms with Crippen LogP contribution in [0.25, 0.3) is 0 Å². The van der Waals surface area contributed by atoms with Crippen molar-refractivity contribution in [1.82, 2.24) is 5.32 Å². The highest BCUT2D eigenvalue weighted by Gasteiger charge is 2.26. The summed E-state index contributed by atoms with van der Waals surface area (Å²) >= 11 is 0. The zero-order valence-corrected chi connectivity index (χ0v) is 13.4. The molecule has 0 heterocycles. The number of carbonyl (C=O) groups is 2. The Labute approximate surface area is 131 Å². The SMILES string of the molecule is CCCCCOC(=O)C(NC(=O)c1ccc(F)cc1)C(C)C. The molecule has 0 aliphatic heterocycles. The zero-order chi connectivity index (χ0) is 16.5. The van der Waals surface area contributed by atoms with E-state index in [2.05, 4.69) is 12.2 Å². The van der Waals surface area contributed by atoms with Gasteiger partial charge in [0.05, 0.1) is 6.61 Å². The fourth-order valence-electron chi connectivity index (χ4n) is 1.94. The predicted molar refractivity (Wildman–Crippen MR) is 83.0 cm³/mol. The van der Waals surface area contributed by atoms with Crippen LogP contribution in [0.1, 0.15) is 50.4 Å². The van der Waals surface area contributed by atoms with E-state index in [1.165, 1.54) is 24.3 Å². The van der Waals surface area contributed by atoms with E-state index in [1.807, 2.05) is 13.8 Å². The third-order valence-electron chi connectivity index (χ3n) is 3.31. The van der Waals surface area contributed by atoms with Crippen LogP contribution >= 0.6 is 0 Å². The number of carbonyl (C=O) groups excluding carboxylic acids is 2. The van der Waals surface area contributed by atoms with Gasteiger partial charge in [-0.2, -0.15) is 0 Å². The Morgan fingerprint density at radius 1 is 1.18 bits per heavy atom. The van der Waals surface area contributed by atoms with Crippen molar-refractivity contribution < 1.29 is 18.7 Å². The van der Waals surface area contributed by atoms with Gasteiger partial charge in [0, 0.05) is 5.56 Å². The minimum absolute atomic E-state index is 0.0944. The van der Waals surface area contributed by atoms with Crippen LogP contribution in [0.15, 0.2) is 24.3 Å². The van der Waals surface area contributed by atoms with Gasteiger partial charge in [0.2, 0.25) is 0 Å². The number of unbranched alkanes of at least 4 members (excludes halogenated alkanes) is 2. The number of hydrogen-bond acceptors (Lipinski definition) is 3. The predicted octanol–water partition coefficient (Wildman–Crippen LogP) is 3.31. The van der Waals surface area contributed by atoms with Crippen LogP contribution < -0.4 is 5.32 Å². The maximum absolute atomic E-state index is 12.9. The second-order valence-electron chi connectivity index (χ2n) is 5.58. The van der Waals surface area contributed by atoms with Crippen LogP contribution in [-0.2, 0) is 9.53 Å². The van der Waals surface area contributed by atoms with Crippen LogP contribution in [-0.4, -0.2) is 24.5 Å². The molecule has 0 aliphatic rings. The minimum Gasteiger partial charge on any atom is -0.464 e. The second-order valence-corrected chi connectivity index (χ2v) is 5.58. The topological polar surface area (TPSA) is 55.4 Å². The van der Waals surface area contributed by atoms with Crippen LogP contribution in [0.3, 0.4) is 0 Å². The van der Waals surface area contributed by atoms with Crippen LogP contribution in [0.4, 0.5) is 4.39 Å². The summed E-state index contributed by atoms with van der Waals surface area (Å²) in [5, 5.41) is 2.66. The van der Waals surface area contributed by atoms with E-state index in [0.717, 1.165) is 19.3 Å². The Morgan fingerprint density at radius 3 is 2.36 bits per heavy atom. The van der Waals surface area contributed by atoms with Crippen molar-refractivity contribution in [3.8, 4) is 0 Å². The third-order valence-corrected chi connectivity index (χ3v) is 3.31. The van der Waals surface area contributed by atoms with E-state index in [0.29, 0.717) is 12.2 Å². The highest BCUT2D eigenvalue weighted by Crippen LogP contribution is 2.08. The number of rotatable bonds is 8. The molecule has 122 valence electrons. The summed E-state index contributed by atoms with van der Waals surface area (Å²) in [6.45, 7) is 6.11. The molecule has 1 aromatic rings. The second kappa shape index (κ2) is 9.18. The molecule has 4 nitrogen and oxygen atoms in total. The lowest BCUT2D eigenvalue weighted by Crippen LogP contribution is -2.45. The first kappa shape index (κ1) is 18.1. The Kier molecular flexibility index (Phi) is 7.57. The standard InChI is InChI=1S/C17H24FNO3/c1-4-5-6-11-22-17(21)15(12(2)3)19-16(20)13-7-9-14(18)10-8-13/h7-10,12,15H,4-6,11H2,1-3H3,(H,19,20). The molecule has 0 saturated heterocycles. The van der Waals surface area contributed by atoms with E-state index >= 15 is 0 Å². The van der Waals surface area contributed by atoms with Crippen molar-refractivity contribution in [1.29, 1.82) is 0 Å². The maximum atomic E-state index is 12.9. The maximum Gasteiger partial charge on any atom is 0.328 e. The lowest BCUT2D eigenvalue weighted by atomic mass is 10.0. The van der Waals surface area contributed by atoms with Crippen molar-refractivity contribution in [2.24, 2.45) is 5.92 Å². The molecule has 0 aromatic heterocycles. The summed E-state index contributed by atoms with van der Waals surface area (Å²) in [6, 6.07) is 4.48. The third kappa shape index (κ3) is 5.84. The highest BCUT2D eigenvalue weighted by molar-refractivity contribution is 5.96. The lowest BCUT2D eigenvalue weighted by Gasteiger charge is -2.21. The molecular weight excluding hydrogens is 285 g/mol. The lowest BCUT2D eigenvalue weighted by molar-refractivity contribution is -0.147. The number of esters is 1. The first-order valence-electron chi connectivity index (χ1n) is 7.68. The molecule has 1 rings (SSSR count). The van der Waals surface area contributed by atoms with Gasteiger partial charge in [-0.15, -0.1) is 0 Å². The first-order valence-corrected chi connectivity index (χ1v) is 7.68. The van der Waals surface area contributed by atoms with E-state index in [-0.39, 0.29) is 5.92 Å². The molecule has 1 aromatic carbocycles. The highest BCUT2D eigenvalue weighted by atomic mass is 19.1. The summed E-state index contributed by atoms with van der Waals surface area (Å²) in [4.78, 5) is 24.2. The van der Waals surface area contributed by atoms with Gasteiger partial charge in [-0.1, -0.05) is 33.6 Å². The molecule has 1 unspecified atom stereocenters. The number of ether oxygens (including phenoxy) is 1. The Morgan fingerprint density at radius 2 is 1.82 bits per heavy atom. The minimum atomic E-state index is -0.709. The average molecular weight is 309 g/mol. The fourth-order valence-corrected chi connectivity index (χ4v) is 1.94. The fraction of sp³-hybridized carbons (Fsp3) is 0.529. The molecule has 0 spiro atoms. The van der Waals surface area contributed by atoms with Gasteiger partial charge in [-0.05, 0) is 36.6 Å². The molecule has 0 fully saturated rings. The van der Waals surface area contributed by atoms with Gasteiger partial charge in [0.15, 0.2) is 0 Å². The number of benzene rings is 1. The Hall–Kier alpha value is -1.91. The summed E-state index contributed by atoms with van der Waals surface area (Å²) in [6.07, 6.45) is 2.87. The Bertz CT molecular complexity index is 485. The van der Waals surface area contributed by atoms with Gasteiger partial charge in [-0.3, -0.25) is 4.79 Å². The molecule has 0 bridgehead atoms. The van der Waals surface area contributed by atoms with E-state index in [9.17, 15) is 14.0 Å². The summed E-state index contributed by atoms with van der Waals surface area (Å²) < 4.78 is 18.1. The normalized spacial score (nSPS) is 12.0. The van der Waals surface area contributed by atoms with Crippen molar-refractivity contribution in [3.05, 3.63) is 35.6 Å². The molecule has 0 aliphatic carbocycles. The van der Waals surface area contributed by atoms with Crippen molar-refractivity contribution in [2.75, 3.05) is 6.61 Å². The average Bonchev–Trinajstić information content (AvgIpc) is 2.49. The van der Waals surface area contributed by atoms with Gasteiger partial charge in [0.1, 0.15) is 11.9 Å². The molecule has 0 saturated carbocycles. The zero-order valence-electron chi connectivity index (χ0n) is 13.4. The van der Waals surface area contributed by atoms with Gasteiger partial charge in [-0.25, -0.2) is 9.18 Å². The van der Waals surface area contributed by atoms with Crippen LogP contribution in [0.5, 0.6) is 0 Å². The molecule has 1 amide bonds. The van der Waals surface area contributed by atoms with Crippen LogP contribution in [0, 0.1) is 11.7 Å². The number of amides is 1. The smallest absolute Gasteiger partial charge is 0.328 e. The molecule has 22 heavy (non-hydrogen) atoms. The molecule has 0 radical (unpaired) electrons. The van der Waals surface area contributed by atoms with Gasteiger partial charge >= 0.3 is 5.97 Å². The van der Waals surface area contributed by atoms with Crippen molar-refractivity contribution in [3.63, 3.8) is 0 Å². The van der Waals surface area contributed by atoms with Crippen molar-refractivity contribution >= 4 is 11.9 Å². The van der Waals surface area contributed by atoms with E-state index in [1.54, 1.807) is 0 Å². The number of hydrogen-bond donors (Lipinski definition) is 1. The van der Waals surface area contributed by atoms with Gasteiger partial charge < -0.3 is 10.1 Å². The molecule has 5 heteroatoms.